The number of benzene rings is 1. The van der Waals surface area contributed by atoms with Crippen LogP contribution in [0.15, 0.2) is 30.6 Å². The molecule has 0 saturated heterocycles. The number of hydrogen-bond acceptors (Lipinski definition) is 4. The van der Waals surface area contributed by atoms with Gasteiger partial charge in [-0.3, -0.25) is 4.79 Å². The van der Waals surface area contributed by atoms with E-state index in [1.807, 2.05) is 4.90 Å². The van der Waals surface area contributed by atoms with Crippen molar-refractivity contribution in [3.63, 3.8) is 0 Å². The first-order chi connectivity index (χ1) is 11.5. The van der Waals surface area contributed by atoms with Crippen molar-refractivity contribution in [3.8, 4) is 0 Å². The number of hydrogen-bond donors (Lipinski definition) is 1. The van der Waals surface area contributed by atoms with E-state index in [0.717, 1.165) is 25.9 Å². The van der Waals surface area contributed by atoms with E-state index in [2.05, 4.69) is 29.1 Å². The predicted molar refractivity (Wildman–Crippen MR) is 98.3 cm³/mol. The topological polar surface area (TPSA) is 58.1 Å². The minimum absolute atomic E-state index is 0.0465. The van der Waals surface area contributed by atoms with Crippen LogP contribution in [0.4, 0.5) is 11.6 Å². The van der Waals surface area contributed by atoms with E-state index in [-0.39, 0.29) is 5.91 Å². The molecule has 0 radical (unpaired) electrons. The number of amides is 1. The average molecular weight is 367 g/mol. The Kier molecular flexibility index (Phi) is 6.82. The molecule has 0 atom stereocenters. The van der Waals surface area contributed by atoms with Crippen molar-refractivity contribution in [3.05, 3.63) is 46.2 Å². The van der Waals surface area contributed by atoms with E-state index >= 15 is 0 Å². The zero-order valence-electron chi connectivity index (χ0n) is 13.7. The van der Waals surface area contributed by atoms with E-state index in [0.29, 0.717) is 27.2 Å². The summed E-state index contributed by atoms with van der Waals surface area (Å²) in [6, 6.07) is 5.11. The van der Waals surface area contributed by atoms with Gasteiger partial charge in [-0.25, -0.2) is 9.97 Å². The molecule has 0 spiro atoms. The lowest BCUT2D eigenvalue weighted by atomic mass is 10.2. The number of carbonyl (C=O) groups is 1. The Morgan fingerprint density at radius 1 is 1.12 bits per heavy atom. The SMILES string of the molecule is CCCN(CCC)C(=O)c1cnc(Nc2ccc(Cl)cc2Cl)nc1. The number of halogens is 2. The van der Waals surface area contributed by atoms with Gasteiger partial charge in [-0.1, -0.05) is 37.0 Å². The zero-order valence-corrected chi connectivity index (χ0v) is 15.2. The maximum Gasteiger partial charge on any atom is 0.256 e. The lowest BCUT2D eigenvalue weighted by Crippen LogP contribution is -2.32. The molecule has 1 amide bonds. The van der Waals surface area contributed by atoms with Crippen LogP contribution in [0.2, 0.25) is 10.0 Å². The standard InChI is InChI=1S/C17H20Cl2N4O/c1-3-7-23(8-4-2)16(24)12-10-20-17(21-11-12)22-15-6-5-13(18)9-14(15)19/h5-6,9-11H,3-4,7-8H2,1-2H3,(H,20,21,22). The van der Waals surface area contributed by atoms with E-state index in [1.54, 1.807) is 18.2 Å². The molecule has 0 fully saturated rings. The van der Waals surface area contributed by atoms with Gasteiger partial charge in [-0.15, -0.1) is 0 Å². The molecular formula is C17H20Cl2N4O. The summed E-state index contributed by atoms with van der Waals surface area (Å²) in [5.74, 6) is 0.322. The van der Waals surface area contributed by atoms with E-state index in [1.165, 1.54) is 12.4 Å². The summed E-state index contributed by atoms with van der Waals surface area (Å²) >= 11 is 12.0. The molecule has 0 aliphatic carbocycles. The fourth-order valence-corrected chi connectivity index (χ4v) is 2.71. The molecule has 2 aromatic rings. The largest absolute Gasteiger partial charge is 0.339 e. The van der Waals surface area contributed by atoms with E-state index in [9.17, 15) is 4.79 Å². The number of aromatic nitrogens is 2. The second kappa shape index (κ2) is 8.85. The molecule has 0 aliphatic heterocycles. The molecule has 2 rings (SSSR count). The number of anilines is 2. The summed E-state index contributed by atoms with van der Waals surface area (Å²) < 4.78 is 0. The van der Waals surface area contributed by atoms with Gasteiger partial charge in [-0.2, -0.15) is 0 Å². The molecule has 1 aromatic carbocycles. The molecule has 0 bridgehead atoms. The monoisotopic (exact) mass is 366 g/mol. The van der Waals surface area contributed by atoms with Gasteiger partial charge in [0.05, 0.1) is 16.3 Å². The number of nitrogens with zero attached hydrogens (tertiary/aromatic N) is 3. The van der Waals surface area contributed by atoms with Crippen molar-refractivity contribution < 1.29 is 4.79 Å². The van der Waals surface area contributed by atoms with Crippen LogP contribution in [-0.2, 0) is 0 Å². The third-order valence-corrected chi connectivity index (χ3v) is 3.90. The molecule has 0 aliphatic rings. The van der Waals surface area contributed by atoms with Crippen LogP contribution in [0, 0.1) is 0 Å². The third kappa shape index (κ3) is 4.82. The van der Waals surface area contributed by atoms with Crippen LogP contribution in [0.25, 0.3) is 0 Å². The Balaban J connectivity index is 2.10. The molecule has 1 aromatic heterocycles. The van der Waals surface area contributed by atoms with Gasteiger partial charge in [0, 0.05) is 30.5 Å². The van der Waals surface area contributed by atoms with Crippen molar-refractivity contribution in [2.45, 2.75) is 26.7 Å². The van der Waals surface area contributed by atoms with Crippen LogP contribution in [0.3, 0.4) is 0 Å². The van der Waals surface area contributed by atoms with Crippen molar-refractivity contribution >= 4 is 40.7 Å². The highest BCUT2D eigenvalue weighted by Gasteiger charge is 2.15. The van der Waals surface area contributed by atoms with Gasteiger partial charge < -0.3 is 10.2 Å². The van der Waals surface area contributed by atoms with Crippen molar-refractivity contribution in [1.29, 1.82) is 0 Å². The molecule has 1 heterocycles. The second-order valence-corrected chi connectivity index (χ2v) is 6.18. The Labute approximate surface area is 152 Å². The summed E-state index contributed by atoms with van der Waals surface area (Å²) in [5.41, 5.74) is 1.13. The van der Waals surface area contributed by atoms with Gasteiger partial charge in [0.25, 0.3) is 5.91 Å². The molecule has 1 N–H and O–H groups in total. The summed E-state index contributed by atoms with van der Waals surface area (Å²) in [6.07, 6.45) is 4.89. The van der Waals surface area contributed by atoms with Crippen LogP contribution < -0.4 is 5.32 Å². The average Bonchev–Trinajstić information content (AvgIpc) is 2.57. The fraction of sp³-hybridized carbons (Fsp3) is 0.353. The molecular weight excluding hydrogens is 347 g/mol. The summed E-state index contributed by atoms with van der Waals surface area (Å²) in [6.45, 7) is 5.56. The lowest BCUT2D eigenvalue weighted by molar-refractivity contribution is 0.0755. The van der Waals surface area contributed by atoms with Gasteiger partial charge in [0.15, 0.2) is 0 Å². The highest BCUT2D eigenvalue weighted by molar-refractivity contribution is 6.36. The molecule has 0 unspecified atom stereocenters. The minimum Gasteiger partial charge on any atom is -0.339 e. The molecule has 0 saturated carbocycles. The first kappa shape index (κ1) is 18.5. The molecule has 24 heavy (non-hydrogen) atoms. The maximum absolute atomic E-state index is 12.5. The van der Waals surface area contributed by atoms with Crippen LogP contribution in [0.1, 0.15) is 37.0 Å². The highest BCUT2D eigenvalue weighted by Crippen LogP contribution is 2.27. The van der Waals surface area contributed by atoms with E-state index in [4.69, 9.17) is 23.2 Å². The van der Waals surface area contributed by atoms with Gasteiger partial charge in [-0.05, 0) is 31.0 Å². The van der Waals surface area contributed by atoms with E-state index < -0.39 is 0 Å². The first-order valence-electron chi connectivity index (χ1n) is 7.88. The maximum atomic E-state index is 12.5. The van der Waals surface area contributed by atoms with Gasteiger partial charge >= 0.3 is 0 Å². The molecule has 5 nitrogen and oxygen atoms in total. The Hall–Kier alpha value is -1.85. The Morgan fingerprint density at radius 3 is 2.29 bits per heavy atom. The summed E-state index contributed by atoms with van der Waals surface area (Å²) in [4.78, 5) is 22.7. The van der Waals surface area contributed by atoms with Gasteiger partial charge in [0.1, 0.15) is 0 Å². The van der Waals surface area contributed by atoms with Crippen LogP contribution in [0.5, 0.6) is 0 Å². The number of rotatable bonds is 7. The predicted octanol–water partition coefficient (Wildman–Crippen LogP) is 4.79. The fourth-order valence-electron chi connectivity index (χ4n) is 2.25. The van der Waals surface area contributed by atoms with Crippen LogP contribution in [-0.4, -0.2) is 33.9 Å². The number of nitrogens with one attached hydrogen (secondary N) is 1. The molecule has 7 heteroatoms. The first-order valence-corrected chi connectivity index (χ1v) is 8.64. The second-order valence-electron chi connectivity index (χ2n) is 5.34. The Morgan fingerprint density at radius 2 is 1.75 bits per heavy atom. The zero-order chi connectivity index (χ0) is 17.5. The van der Waals surface area contributed by atoms with Crippen molar-refractivity contribution in [1.82, 2.24) is 14.9 Å². The summed E-state index contributed by atoms with van der Waals surface area (Å²) in [7, 11) is 0. The lowest BCUT2D eigenvalue weighted by Gasteiger charge is -2.21. The van der Waals surface area contributed by atoms with Gasteiger partial charge in [0.2, 0.25) is 5.95 Å². The Bertz CT molecular complexity index is 685. The smallest absolute Gasteiger partial charge is 0.256 e. The molecule has 128 valence electrons. The van der Waals surface area contributed by atoms with Crippen molar-refractivity contribution in [2.24, 2.45) is 0 Å². The summed E-state index contributed by atoms with van der Waals surface area (Å²) in [5, 5.41) is 4.04. The van der Waals surface area contributed by atoms with Crippen LogP contribution >= 0.6 is 23.2 Å². The highest BCUT2D eigenvalue weighted by atomic mass is 35.5. The van der Waals surface area contributed by atoms with Crippen molar-refractivity contribution in [2.75, 3.05) is 18.4 Å². The number of carbonyl (C=O) groups excluding carboxylic acids is 1. The quantitative estimate of drug-likeness (QED) is 0.765. The normalized spacial score (nSPS) is 10.5. The minimum atomic E-state index is -0.0465. The third-order valence-electron chi connectivity index (χ3n) is 3.35.